The number of rotatable bonds is 5. The van der Waals surface area contributed by atoms with Crippen LogP contribution in [-0.4, -0.2) is 29.6 Å². The molecule has 1 aromatic carbocycles. The van der Waals surface area contributed by atoms with Crippen LogP contribution in [-0.2, 0) is 4.79 Å². The zero-order valence-corrected chi connectivity index (χ0v) is 10.1. The highest BCUT2D eigenvalue weighted by molar-refractivity contribution is 5.94. The van der Waals surface area contributed by atoms with Crippen LogP contribution in [0.2, 0.25) is 0 Å². The van der Waals surface area contributed by atoms with Crippen LogP contribution < -0.4 is 11.1 Å². The van der Waals surface area contributed by atoms with Crippen LogP contribution in [0.15, 0.2) is 30.3 Å². The molecule has 2 amide bonds. The summed E-state index contributed by atoms with van der Waals surface area (Å²) in [6.45, 7) is 1.60. The highest BCUT2D eigenvalue weighted by atomic mass is 16.3. The molecule has 0 aliphatic heterocycles. The van der Waals surface area contributed by atoms with E-state index in [0.717, 1.165) is 5.56 Å². The van der Waals surface area contributed by atoms with Gasteiger partial charge in [0.1, 0.15) is 0 Å². The number of carbonyl (C=O) groups is 2. The Morgan fingerprint density at radius 3 is 2.50 bits per heavy atom. The van der Waals surface area contributed by atoms with E-state index >= 15 is 0 Å². The first-order valence-electron chi connectivity index (χ1n) is 5.52. The van der Waals surface area contributed by atoms with Crippen molar-refractivity contribution in [1.82, 2.24) is 5.32 Å². The molecule has 96 valence electrons. The minimum Gasteiger partial charge on any atom is -0.394 e. The van der Waals surface area contributed by atoms with Crippen molar-refractivity contribution in [2.45, 2.75) is 13.0 Å². The smallest absolute Gasteiger partial charge is 0.248 e. The lowest BCUT2D eigenvalue weighted by atomic mass is 10.1. The number of amides is 2. The average molecular weight is 248 g/mol. The third-order valence-corrected chi connectivity index (χ3v) is 2.28. The van der Waals surface area contributed by atoms with E-state index in [1.54, 1.807) is 37.3 Å². The average Bonchev–Trinajstić information content (AvgIpc) is 2.36. The number of hydrogen-bond donors (Lipinski definition) is 3. The van der Waals surface area contributed by atoms with Gasteiger partial charge < -0.3 is 16.2 Å². The van der Waals surface area contributed by atoms with Gasteiger partial charge in [0.2, 0.25) is 11.8 Å². The third kappa shape index (κ3) is 4.39. The third-order valence-electron chi connectivity index (χ3n) is 2.28. The fraction of sp³-hybridized carbons (Fsp3) is 0.231. The number of nitrogens with two attached hydrogens (primary N) is 1. The fourth-order valence-corrected chi connectivity index (χ4v) is 1.27. The first-order valence-corrected chi connectivity index (χ1v) is 5.52. The first-order chi connectivity index (χ1) is 8.52. The second-order valence-electron chi connectivity index (χ2n) is 3.91. The van der Waals surface area contributed by atoms with Crippen molar-refractivity contribution in [3.05, 3.63) is 41.5 Å². The van der Waals surface area contributed by atoms with Crippen molar-refractivity contribution in [3.63, 3.8) is 0 Å². The summed E-state index contributed by atoms with van der Waals surface area (Å²) in [5.74, 6) is -0.768. The van der Waals surface area contributed by atoms with Gasteiger partial charge in [-0.2, -0.15) is 0 Å². The molecule has 4 N–H and O–H groups in total. The zero-order chi connectivity index (χ0) is 13.5. The summed E-state index contributed by atoms with van der Waals surface area (Å²) in [4.78, 5) is 22.2. The summed E-state index contributed by atoms with van der Waals surface area (Å²) in [6.07, 6.45) is 2.98. The van der Waals surface area contributed by atoms with Gasteiger partial charge in [0.25, 0.3) is 0 Å². The van der Waals surface area contributed by atoms with Crippen molar-refractivity contribution < 1.29 is 14.7 Å². The maximum absolute atomic E-state index is 11.4. The van der Waals surface area contributed by atoms with Crippen molar-refractivity contribution in [1.29, 1.82) is 0 Å². The molecule has 0 aliphatic carbocycles. The van der Waals surface area contributed by atoms with E-state index in [2.05, 4.69) is 5.32 Å². The van der Waals surface area contributed by atoms with Crippen LogP contribution in [0.4, 0.5) is 0 Å². The summed E-state index contributed by atoms with van der Waals surface area (Å²) < 4.78 is 0. The van der Waals surface area contributed by atoms with E-state index in [1.165, 1.54) is 6.08 Å². The van der Waals surface area contributed by atoms with E-state index in [9.17, 15) is 9.59 Å². The highest BCUT2D eigenvalue weighted by Crippen LogP contribution is 2.05. The van der Waals surface area contributed by atoms with Gasteiger partial charge in [-0.15, -0.1) is 0 Å². The maximum Gasteiger partial charge on any atom is 0.248 e. The van der Waals surface area contributed by atoms with E-state index in [1.807, 2.05) is 0 Å². The summed E-state index contributed by atoms with van der Waals surface area (Å²) >= 11 is 0. The molecule has 0 spiro atoms. The molecule has 0 saturated heterocycles. The number of benzene rings is 1. The molecule has 1 atom stereocenters. The Hall–Kier alpha value is -2.14. The Labute approximate surface area is 105 Å². The highest BCUT2D eigenvalue weighted by Gasteiger charge is 2.02. The molecular formula is C13H16N2O3. The van der Waals surface area contributed by atoms with Gasteiger partial charge in [-0.05, 0) is 30.7 Å². The molecule has 5 nitrogen and oxygen atoms in total. The molecule has 0 heterocycles. The quantitative estimate of drug-likeness (QED) is 0.654. The predicted molar refractivity (Wildman–Crippen MR) is 68.7 cm³/mol. The number of hydrogen-bond acceptors (Lipinski definition) is 3. The summed E-state index contributed by atoms with van der Waals surface area (Å²) in [6, 6.07) is 6.30. The molecule has 0 radical (unpaired) electrons. The van der Waals surface area contributed by atoms with Crippen LogP contribution in [0.1, 0.15) is 22.8 Å². The molecule has 1 aromatic rings. The summed E-state index contributed by atoms with van der Waals surface area (Å²) in [5.41, 5.74) is 6.32. The van der Waals surface area contributed by atoms with Crippen molar-refractivity contribution in [2.75, 3.05) is 6.61 Å². The van der Waals surface area contributed by atoms with E-state index < -0.39 is 5.91 Å². The van der Waals surface area contributed by atoms with Crippen LogP contribution in [0.25, 0.3) is 6.08 Å². The van der Waals surface area contributed by atoms with Gasteiger partial charge in [0.15, 0.2) is 0 Å². The first kappa shape index (κ1) is 13.9. The molecule has 18 heavy (non-hydrogen) atoms. The van der Waals surface area contributed by atoms with E-state index in [4.69, 9.17) is 10.8 Å². The summed E-state index contributed by atoms with van der Waals surface area (Å²) in [5, 5.41) is 11.3. The molecule has 1 unspecified atom stereocenters. The Morgan fingerprint density at radius 2 is 2.00 bits per heavy atom. The van der Waals surface area contributed by atoms with Crippen LogP contribution >= 0.6 is 0 Å². The second-order valence-corrected chi connectivity index (χ2v) is 3.91. The largest absolute Gasteiger partial charge is 0.394 e. The van der Waals surface area contributed by atoms with Gasteiger partial charge >= 0.3 is 0 Å². The molecule has 0 saturated carbocycles. The number of primary amides is 1. The molecule has 0 fully saturated rings. The maximum atomic E-state index is 11.4. The topological polar surface area (TPSA) is 92.4 Å². The Bertz CT molecular complexity index is 452. The molecule has 0 aromatic heterocycles. The number of aliphatic hydroxyl groups is 1. The molecule has 5 heteroatoms. The zero-order valence-electron chi connectivity index (χ0n) is 10.1. The SMILES string of the molecule is CC(CO)NC(=O)/C=C/c1ccc(C(N)=O)cc1. The Morgan fingerprint density at radius 1 is 1.39 bits per heavy atom. The summed E-state index contributed by atoms with van der Waals surface area (Å²) in [7, 11) is 0. The minimum absolute atomic E-state index is 0.104. The van der Waals surface area contributed by atoms with Crippen LogP contribution in [0.3, 0.4) is 0 Å². The number of carbonyl (C=O) groups excluding carboxylic acids is 2. The molecule has 0 aliphatic rings. The van der Waals surface area contributed by atoms with Gasteiger partial charge in [0, 0.05) is 17.7 Å². The lowest BCUT2D eigenvalue weighted by Crippen LogP contribution is -2.33. The second kappa shape index (κ2) is 6.56. The van der Waals surface area contributed by atoms with E-state index in [-0.39, 0.29) is 18.6 Å². The lowest BCUT2D eigenvalue weighted by Gasteiger charge is -2.07. The molecule has 1 rings (SSSR count). The normalized spacial score (nSPS) is 12.3. The van der Waals surface area contributed by atoms with Crippen molar-refractivity contribution in [2.24, 2.45) is 5.73 Å². The number of aliphatic hydroxyl groups excluding tert-OH is 1. The molecule has 0 bridgehead atoms. The van der Waals surface area contributed by atoms with Crippen molar-refractivity contribution in [3.8, 4) is 0 Å². The monoisotopic (exact) mass is 248 g/mol. The standard InChI is InChI=1S/C13H16N2O3/c1-9(8-16)15-12(17)7-4-10-2-5-11(6-3-10)13(14)18/h2-7,9,16H,8H2,1H3,(H2,14,18)(H,15,17)/b7-4+. The van der Waals surface area contributed by atoms with Crippen LogP contribution in [0, 0.1) is 0 Å². The van der Waals surface area contributed by atoms with Crippen LogP contribution in [0.5, 0.6) is 0 Å². The predicted octanol–water partition coefficient (Wildman–Crippen LogP) is 0.296. The van der Waals surface area contributed by atoms with Gasteiger partial charge in [-0.1, -0.05) is 12.1 Å². The Kier molecular flexibility index (Phi) is 5.07. The van der Waals surface area contributed by atoms with Gasteiger partial charge in [0.05, 0.1) is 6.61 Å². The Balaban J connectivity index is 2.61. The van der Waals surface area contributed by atoms with E-state index in [0.29, 0.717) is 5.56 Å². The number of nitrogens with one attached hydrogen (secondary N) is 1. The molecular weight excluding hydrogens is 232 g/mol. The van der Waals surface area contributed by atoms with Gasteiger partial charge in [-0.3, -0.25) is 9.59 Å². The minimum atomic E-state index is -0.486. The fourth-order valence-electron chi connectivity index (χ4n) is 1.27. The van der Waals surface area contributed by atoms with Crippen molar-refractivity contribution >= 4 is 17.9 Å². The lowest BCUT2D eigenvalue weighted by molar-refractivity contribution is -0.117. The van der Waals surface area contributed by atoms with Gasteiger partial charge in [-0.25, -0.2) is 0 Å².